The summed E-state index contributed by atoms with van der Waals surface area (Å²) in [5.41, 5.74) is 5.22. The van der Waals surface area contributed by atoms with Crippen LogP contribution in [0.1, 0.15) is 31.9 Å². The lowest BCUT2D eigenvalue weighted by atomic mass is 10.1. The summed E-state index contributed by atoms with van der Waals surface area (Å²) in [7, 11) is 1.02. The first-order chi connectivity index (χ1) is 12.1. The van der Waals surface area contributed by atoms with E-state index in [0.717, 1.165) is 11.1 Å². The van der Waals surface area contributed by atoms with Crippen molar-refractivity contribution in [2.24, 2.45) is 0 Å². The van der Waals surface area contributed by atoms with E-state index >= 15 is 0 Å². The molecule has 0 bridgehead atoms. The van der Waals surface area contributed by atoms with Gasteiger partial charge in [-0.1, -0.05) is 61.8 Å². The lowest BCUT2D eigenvalue weighted by molar-refractivity contribution is -0.138. The van der Waals surface area contributed by atoms with Gasteiger partial charge in [0, 0.05) is 16.5 Å². The molecule has 142 valence electrons. The molecule has 4 nitrogen and oxygen atoms in total. The van der Waals surface area contributed by atoms with Crippen LogP contribution in [0.15, 0.2) is 30.2 Å². The smallest absolute Gasteiger partial charge is 0.377 e. The predicted molar refractivity (Wildman–Crippen MR) is 111 cm³/mol. The Morgan fingerprint density at radius 2 is 1.92 bits per heavy atom. The molecule has 0 saturated carbocycles. The SMILES string of the molecule is CO/C=C(\Oc1cc(C#C[Si](C)(C)C(C)(C)C)ccc1CBr)C(=O)OC. The molecule has 0 N–H and O–H groups in total. The molecule has 0 aliphatic heterocycles. The fourth-order valence-corrected chi connectivity index (χ4v) is 2.99. The Morgan fingerprint density at radius 3 is 2.42 bits per heavy atom. The second-order valence-corrected chi connectivity index (χ2v) is 13.0. The Morgan fingerprint density at radius 1 is 1.27 bits per heavy atom. The van der Waals surface area contributed by atoms with Gasteiger partial charge in [-0.2, -0.15) is 0 Å². The van der Waals surface area contributed by atoms with Crippen molar-refractivity contribution in [1.82, 2.24) is 0 Å². The first-order valence-electron chi connectivity index (χ1n) is 8.27. The molecule has 1 aromatic rings. The largest absolute Gasteiger partial charge is 0.500 e. The van der Waals surface area contributed by atoms with Crippen molar-refractivity contribution in [3.05, 3.63) is 41.3 Å². The van der Waals surface area contributed by atoms with Crippen molar-refractivity contribution in [1.29, 1.82) is 0 Å². The van der Waals surface area contributed by atoms with Crippen LogP contribution in [0.3, 0.4) is 0 Å². The Bertz CT molecular complexity index is 736. The third-order valence-electron chi connectivity index (χ3n) is 4.44. The van der Waals surface area contributed by atoms with Gasteiger partial charge in [0.1, 0.15) is 20.1 Å². The molecular formula is C20H27BrO4Si. The van der Waals surface area contributed by atoms with Crippen LogP contribution in [0.5, 0.6) is 5.75 Å². The van der Waals surface area contributed by atoms with Crippen molar-refractivity contribution in [3.8, 4) is 17.2 Å². The molecule has 6 heteroatoms. The zero-order valence-electron chi connectivity index (χ0n) is 16.5. The van der Waals surface area contributed by atoms with Gasteiger partial charge in [0.25, 0.3) is 0 Å². The first-order valence-corrected chi connectivity index (χ1v) is 12.4. The van der Waals surface area contributed by atoms with E-state index < -0.39 is 14.0 Å². The lowest BCUT2D eigenvalue weighted by Gasteiger charge is -2.31. The van der Waals surface area contributed by atoms with Gasteiger partial charge >= 0.3 is 5.97 Å². The fraction of sp³-hybridized carbons (Fsp3) is 0.450. The quantitative estimate of drug-likeness (QED) is 0.161. The summed E-state index contributed by atoms with van der Waals surface area (Å²) in [6, 6.07) is 5.73. The third-order valence-corrected chi connectivity index (χ3v) is 9.54. The topological polar surface area (TPSA) is 44.8 Å². The van der Waals surface area contributed by atoms with Crippen molar-refractivity contribution in [3.63, 3.8) is 0 Å². The maximum absolute atomic E-state index is 11.8. The minimum Gasteiger partial charge on any atom is -0.500 e. The second-order valence-electron chi connectivity index (χ2n) is 7.39. The Kier molecular flexibility index (Phi) is 7.98. The number of rotatable bonds is 5. The normalized spacial score (nSPS) is 12.1. The van der Waals surface area contributed by atoms with E-state index in [4.69, 9.17) is 14.2 Å². The number of alkyl halides is 1. The molecule has 0 saturated heterocycles. The molecule has 0 fully saturated rings. The number of benzene rings is 1. The number of ether oxygens (including phenoxy) is 3. The number of hydrogen-bond donors (Lipinski definition) is 0. The van der Waals surface area contributed by atoms with Gasteiger partial charge in [0.15, 0.2) is 0 Å². The van der Waals surface area contributed by atoms with Crippen LogP contribution in [-0.4, -0.2) is 28.3 Å². The van der Waals surface area contributed by atoms with Gasteiger partial charge in [0.05, 0.1) is 14.2 Å². The lowest BCUT2D eigenvalue weighted by Crippen LogP contribution is -2.35. The molecule has 0 spiro atoms. The first kappa shape index (κ1) is 22.3. The molecule has 0 unspecified atom stereocenters. The van der Waals surface area contributed by atoms with E-state index in [-0.39, 0.29) is 10.8 Å². The predicted octanol–water partition coefficient (Wildman–Crippen LogP) is 5.02. The number of hydrogen-bond acceptors (Lipinski definition) is 4. The number of carbonyl (C=O) groups excluding carboxylic acids is 1. The van der Waals surface area contributed by atoms with Crippen LogP contribution in [0.25, 0.3) is 0 Å². The molecule has 0 aliphatic rings. The number of esters is 1. The van der Waals surface area contributed by atoms with Gasteiger partial charge in [-0.15, -0.1) is 5.54 Å². The molecule has 0 amide bonds. The van der Waals surface area contributed by atoms with E-state index in [1.807, 2.05) is 18.2 Å². The summed E-state index contributed by atoms with van der Waals surface area (Å²) >= 11 is 3.44. The molecule has 1 aromatic carbocycles. The standard InChI is InChI=1S/C20H27BrO4Si/c1-20(2,3)26(6,7)11-10-15-8-9-16(13-21)17(12-15)25-18(14-23-4)19(22)24-5/h8-9,12,14H,13H2,1-7H3/b18-14-. The van der Waals surface area contributed by atoms with Crippen LogP contribution in [-0.2, 0) is 19.6 Å². The molecule has 0 aromatic heterocycles. The van der Waals surface area contributed by atoms with E-state index in [9.17, 15) is 4.79 Å². The average Bonchev–Trinajstić information content (AvgIpc) is 2.58. The maximum Gasteiger partial charge on any atom is 0.377 e. The summed E-state index contributed by atoms with van der Waals surface area (Å²) < 4.78 is 15.4. The molecule has 0 atom stereocenters. The van der Waals surface area contributed by atoms with Crippen molar-refractivity contribution < 1.29 is 19.0 Å². The molecule has 0 aliphatic carbocycles. The fourth-order valence-electron chi connectivity index (χ4n) is 1.69. The zero-order valence-corrected chi connectivity index (χ0v) is 19.1. The van der Waals surface area contributed by atoms with Crippen LogP contribution >= 0.6 is 15.9 Å². The molecular weight excluding hydrogens is 412 g/mol. The minimum atomic E-state index is -1.71. The highest BCUT2D eigenvalue weighted by atomic mass is 79.9. The Hall–Kier alpha value is -1.71. The van der Waals surface area contributed by atoms with Gasteiger partial charge in [-0.05, 0) is 17.2 Å². The highest BCUT2D eigenvalue weighted by molar-refractivity contribution is 9.08. The molecule has 1 rings (SSSR count). The van der Waals surface area contributed by atoms with Gasteiger partial charge in [-0.3, -0.25) is 0 Å². The Labute approximate surface area is 166 Å². The summed E-state index contributed by atoms with van der Waals surface area (Å²) in [4.78, 5) is 11.8. The van der Waals surface area contributed by atoms with Crippen molar-refractivity contribution in [2.75, 3.05) is 14.2 Å². The van der Waals surface area contributed by atoms with Crippen LogP contribution in [0.4, 0.5) is 0 Å². The van der Waals surface area contributed by atoms with E-state index in [2.05, 4.69) is 61.3 Å². The highest BCUT2D eigenvalue weighted by Gasteiger charge is 2.33. The maximum atomic E-state index is 11.8. The third kappa shape index (κ3) is 5.92. The molecule has 0 radical (unpaired) electrons. The second kappa shape index (κ2) is 9.29. The van der Waals surface area contributed by atoms with Gasteiger partial charge in [-0.25, -0.2) is 4.79 Å². The van der Waals surface area contributed by atoms with Gasteiger partial charge in [0.2, 0.25) is 5.76 Å². The number of halogens is 1. The van der Waals surface area contributed by atoms with Crippen molar-refractivity contribution in [2.45, 2.75) is 44.2 Å². The molecule has 26 heavy (non-hydrogen) atoms. The summed E-state index contributed by atoms with van der Waals surface area (Å²) in [5.74, 6) is 3.19. The zero-order chi connectivity index (χ0) is 20.0. The van der Waals surface area contributed by atoms with Crippen LogP contribution in [0, 0.1) is 11.5 Å². The van der Waals surface area contributed by atoms with E-state index in [0.29, 0.717) is 11.1 Å². The number of methoxy groups -OCH3 is 2. The summed E-state index contributed by atoms with van der Waals surface area (Å²) in [6.45, 7) is 11.2. The van der Waals surface area contributed by atoms with Crippen LogP contribution in [0.2, 0.25) is 18.1 Å². The monoisotopic (exact) mass is 438 g/mol. The Balaban J connectivity index is 3.25. The van der Waals surface area contributed by atoms with E-state index in [1.165, 1.54) is 20.5 Å². The van der Waals surface area contributed by atoms with Crippen molar-refractivity contribution >= 4 is 30.0 Å². The van der Waals surface area contributed by atoms with Crippen LogP contribution < -0.4 is 4.74 Å². The number of carbonyl (C=O) groups is 1. The van der Waals surface area contributed by atoms with E-state index in [1.54, 1.807) is 0 Å². The summed E-state index contributed by atoms with van der Waals surface area (Å²) in [5, 5.41) is 0.772. The summed E-state index contributed by atoms with van der Waals surface area (Å²) in [6.07, 6.45) is 1.22. The molecule has 0 heterocycles. The minimum absolute atomic E-state index is 0.0216. The highest BCUT2D eigenvalue weighted by Crippen LogP contribution is 2.35. The van der Waals surface area contributed by atoms with Gasteiger partial charge < -0.3 is 14.2 Å². The average molecular weight is 439 g/mol.